The molecule has 106 valence electrons. The van der Waals surface area contributed by atoms with Crippen LogP contribution >= 0.6 is 0 Å². The van der Waals surface area contributed by atoms with Gasteiger partial charge in [-0.3, -0.25) is 4.79 Å². The van der Waals surface area contributed by atoms with Gasteiger partial charge in [0.25, 0.3) is 0 Å². The number of fused-ring (bicyclic) bond motifs is 1. The molecule has 0 saturated heterocycles. The molecule has 0 spiro atoms. The number of carbonyl (C=O) groups excluding carboxylic acids is 1. The molecule has 21 heavy (non-hydrogen) atoms. The minimum atomic E-state index is -0.357. The maximum atomic E-state index is 13.5. The summed E-state index contributed by atoms with van der Waals surface area (Å²) in [7, 11) is 0. The second kappa shape index (κ2) is 5.40. The summed E-state index contributed by atoms with van der Waals surface area (Å²) in [5.41, 5.74) is 3.20. The molecule has 0 saturated carbocycles. The van der Waals surface area contributed by atoms with E-state index in [4.69, 9.17) is 0 Å². The molecule has 0 bridgehead atoms. The number of carbonyl (C=O) groups is 1. The van der Waals surface area contributed by atoms with Crippen LogP contribution in [0.3, 0.4) is 0 Å². The van der Waals surface area contributed by atoms with Crippen LogP contribution in [0.25, 0.3) is 10.9 Å². The number of benzene rings is 2. The molecule has 4 heteroatoms. The topological polar surface area (TPSA) is 44.9 Å². The van der Waals surface area contributed by atoms with Crippen LogP contribution in [0.1, 0.15) is 11.3 Å². The van der Waals surface area contributed by atoms with Gasteiger partial charge >= 0.3 is 0 Å². The van der Waals surface area contributed by atoms with Gasteiger partial charge in [-0.15, -0.1) is 0 Å². The molecule has 0 atom stereocenters. The number of amides is 1. The zero-order valence-electron chi connectivity index (χ0n) is 11.6. The standard InChI is InChI=1S/C17H15FN2O/c1-11-8-13-9-14(6-7-16(13)19-11)20-17(21)10-12-4-2-3-5-15(12)18/h2-9,19H,10H2,1H3,(H,20,21). The first-order chi connectivity index (χ1) is 10.1. The lowest BCUT2D eigenvalue weighted by molar-refractivity contribution is -0.115. The van der Waals surface area contributed by atoms with Gasteiger partial charge in [-0.2, -0.15) is 0 Å². The summed E-state index contributed by atoms with van der Waals surface area (Å²) in [6.45, 7) is 1.98. The molecule has 3 aromatic rings. The highest BCUT2D eigenvalue weighted by atomic mass is 19.1. The Hall–Kier alpha value is -2.62. The third-order valence-corrected chi connectivity index (χ3v) is 3.35. The predicted molar refractivity (Wildman–Crippen MR) is 81.8 cm³/mol. The van der Waals surface area contributed by atoms with E-state index >= 15 is 0 Å². The van der Waals surface area contributed by atoms with Crippen molar-refractivity contribution in [1.82, 2.24) is 4.98 Å². The van der Waals surface area contributed by atoms with Gasteiger partial charge in [-0.05, 0) is 42.8 Å². The van der Waals surface area contributed by atoms with Crippen molar-refractivity contribution in [1.29, 1.82) is 0 Å². The molecule has 0 aliphatic heterocycles. The van der Waals surface area contributed by atoms with E-state index in [1.54, 1.807) is 18.2 Å². The lowest BCUT2D eigenvalue weighted by Gasteiger charge is -2.06. The van der Waals surface area contributed by atoms with Crippen LogP contribution in [-0.2, 0) is 11.2 Å². The fraction of sp³-hybridized carbons (Fsp3) is 0.118. The number of aromatic nitrogens is 1. The van der Waals surface area contributed by atoms with Gasteiger partial charge in [0.05, 0.1) is 6.42 Å². The van der Waals surface area contributed by atoms with Crippen LogP contribution in [0.2, 0.25) is 0 Å². The number of aryl methyl sites for hydroxylation is 1. The van der Waals surface area contributed by atoms with E-state index in [0.29, 0.717) is 11.3 Å². The normalized spacial score (nSPS) is 10.8. The van der Waals surface area contributed by atoms with Gasteiger partial charge in [0.15, 0.2) is 0 Å². The number of H-pyrrole nitrogens is 1. The van der Waals surface area contributed by atoms with E-state index < -0.39 is 0 Å². The zero-order chi connectivity index (χ0) is 14.8. The first-order valence-corrected chi connectivity index (χ1v) is 6.74. The summed E-state index contributed by atoms with van der Waals surface area (Å²) in [5, 5.41) is 3.84. The molecule has 2 N–H and O–H groups in total. The Morgan fingerprint density at radius 3 is 2.81 bits per heavy atom. The van der Waals surface area contributed by atoms with Crippen LogP contribution in [0.4, 0.5) is 10.1 Å². The van der Waals surface area contributed by atoms with Crippen molar-refractivity contribution in [3.05, 3.63) is 65.6 Å². The highest BCUT2D eigenvalue weighted by molar-refractivity contribution is 5.95. The van der Waals surface area contributed by atoms with E-state index in [9.17, 15) is 9.18 Å². The molecule has 0 radical (unpaired) electrons. The molecule has 1 amide bonds. The molecular weight excluding hydrogens is 267 g/mol. The minimum absolute atomic E-state index is 0.0247. The maximum Gasteiger partial charge on any atom is 0.228 e. The minimum Gasteiger partial charge on any atom is -0.359 e. The van der Waals surface area contributed by atoms with Gasteiger partial charge < -0.3 is 10.3 Å². The molecule has 2 aromatic carbocycles. The van der Waals surface area contributed by atoms with Gasteiger partial charge in [-0.1, -0.05) is 18.2 Å². The fourth-order valence-corrected chi connectivity index (χ4v) is 2.38. The first-order valence-electron chi connectivity index (χ1n) is 6.74. The van der Waals surface area contributed by atoms with Crippen LogP contribution in [0.5, 0.6) is 0 Å². The van der Waals surface area contributed by atoms with Crippen molar-refractivity contribution in [3.8, 4) is 0 Å². The van der Waals surface area contributed by atoms with E-state index in [1.807, 2.05) is 31.2 Å². The Labute approximate surface area is 121 Å². The van der Waals surface area contributed by atoms with Gasteiger partial charge in [-0.25, -0.2) is 4.39 Å². The lowest BCUT2D eigenvalue weighted by Crippen LogP contribution is -2.15. The Morgan fingerprint density at radius 1 is 1.19 bits per heavy atom. The van der Waals surface area contributed by atoms with Crippen molar-refractivity contribution in [2.75, 3.05) is 5.32 Å². The predicted octanol–water partition coefficient (Wildman–Crippen LogP) is 3.80. The Balaban J connectivity index is 1.75. The lowest BCUT2D eigenvalue weighted by atomic mass is 10.1. The van der Waals surface area contributed by atoms with Crippen LogP contribution in [0.15, 0.2) is 48.5 Å². The van der Waals surface area contributed by atoms with E-state index in [2.05, 4.69) is 10.3 Å². The third-order valence-electron chi connectivity index (χ3n) is 3.35. The van der Waals surface area contributed by atoms with Crippen LogP contribution < -0.4 is 5.32 Å². The maximum absolute atomic E-state index is 13.5. The summed E-state index contributed by atoms with van der Waals surface area (Å²) < 4.78 is 13.5. The SMILES string of the molecule is Cc1cc2cc(NC(=O)Cc3ccccc3F)ccc2[nH]1. The highest BCUT2D eigenvalue weighted by Gasteiger charge is 2.08. The molecule has 0 fully saturated rings. The second-order valence-corrected chi connectivity index (χ2v) is 5.07. The average molecular weight is 282 g/mol. The monoisotopic (exact) mass is 282 g/mol. The number of anilines is 1. The second-order valence-electron chi connectivity index (χ2n) is 5.07. The third kappa shape index (κ3) is 2.94. The Morgan fingerprint density at radius 2 is 2.00 bits per heavy atom. The summed E-state index contributed by atoms with van der Waals surface area (Å²) >= 11 is 0. The van der Waals surface area contributed by atoms with Gasteiger partial charge in [0, 0.05) is 22.3 Å². The smallest absolute Gasteiger partial charge is 0.228 e. The summed E-state index contributed by atoms with van der Waals surface area (Å²) in [4.78, 5) is 15.2. The zero-order valence-corrected chi connectivity index (χ0v) is 11.6. The van der Waals surface area contributed by atoms with Crippen molar-refractivity contribution in [2.24, 2.45) is 0 Å². The first kappa shape index (κ1) is 13.4. The van der Waals surface area contributed by atoms with Crippen LogP contribution in [-0.4, -0.2) is 10.9 Å². The Kier molecular flexibility index (Phi) is 3.44. The molecule has 1 aromatic heterocycles. The van der Waals surface area contributed by atoms with E-state index in [1.165, 1.54) is 6.07 Å². The van der Waals surface area contributed by atoms with Crippen molar-refractivity contribution < 1.29 is 9.18 Å². The summed E-state index contributed by atoms with van der Waals surface area (Å²) in [5.74, 6) is -0.587. The number of nitrogens with one attached hydrogen (secondary N) is 2. The largest absolute Gasteiger partial charge is 0.359 e. The number of hydrogen-bond acceptors (Lipinski definition) is 1. The molecule has 0 unspecified atom stereocenters. The quantitative estimate of drug-likeness (QED) is 0.754. The Bertz CT molecular complexity index is 807. The van der Waals surface area contributed by atoms with Gasteiger partial charge in [0.2, 0.25) is 5.91 Å². The molecule has 3 rings (SSSR count). The molecule has 0 aliphatic carbocycles. The number of aromatic amines is 1. The number of rotatable bonds is 3. The molecular formula is C17H15FN2O. The number of halogens is 1. The van der Waals surface area contributed by atoms with E-state index in [-0.39, 0.29) is 18.1 Å². The number of hydrogen-bond donors (Lipinski definition) is 2. The van der Waals surface area contributed by atoms with Crippen molar-refractivity contribution in [2.45, 2.75) is 13.3 Å². The van der Waals surface area contributed by atoms with E-state index in [0.717, 1.165) is 16.6 Å². The average Bonchev–Trinajstić information content (AvgIpc) is 2.80. The van der Waals surface area contributed by atoms with Crippen molar-refractivity contribution in [3.63, 3.8) is 0 Å². The summed E-state index contributed by atoms with van der Waals surface area (Å²) in [6.07, 6.45) is 0.0247. The fourth-order valence-electron chi connectivity index (χ4n) is 2.38. The van der Waals surface area contributed by atoms with Gasteiger partial charge in [0.1, 0.15) is 5.82 Å². The molecule has 0 aliphatic rings. The highest BCUT2D eigenvalue weighted by Crippen LogP contribution is 2.20. The summed E-state index contributed by atoms with van der Waals surface area (Å²) in [6, 6.07) is 14.0. The molecule has 3 nitrogen and oxygen atoms in total. The molecule has 1 heterocycles. The van der Waals surface area contributed by atoms with Crippen molar-refractivity contribution >= 4 is 22.5 Å². The van der Waals surface area contributed by atoms with Crippen LogP contribution in [0, 0.1) is 12.7 Å².